The van der Waals surface area contributed by atoms with E-state index in [0.717, 1.165) is 24.8 Å². The monoisotopic (exact) mass is 271 g/mol. The van der Waals surface area contributed by atoms with Crippen molar-refractivity contribution in [3.8, 4) is 11.6 Å². The number of aromatic nitrogens is 2. The van der Waals surface area contributed by atoms with E-state index in [1.165, 1.54) is 0 Å². The summed E-state index contributed by atoms with van der Waals surface area (Å²) in [6.07, 6.45) is 6.27. The molecule has 1 aliphatic rings. The van der Waals surface area contributed by atoms with Gasteiger partial charge in [0.1, 0.15) is 5.75 Å². The Balaban J connectivity index is 1.80. The summed E-state index contributed by atoms with van der Waals surface area (Å²) in [6.45, 7) is 0.618. The molecule has 0 aliphatic heterocycles. The number of ether oxygens (including phenoxy) is 1. The molecule has 1 saturated carbocycles. The van der Waals surface area contributed by atoms with Crippen molar-refractivity contribution >= 4 is 0 Å². The van der Waals surface area contributed by atoms with E-state index in [-0.39, 0.29) is 11.4 Å². The molecule has 0 spiro atoms. The van der Waals surface area contributed by atoms with Crippen LogP contribution in [0.5, 0.6) is 11.6 Å². The van der Waals surface area contributed by atoms with Crippen LogP contribution in [0.1, 0.15) is 24.4 Å². The first kappa shape index (κ1) is 12.9. The molecule has 20 heavy (non-hydrogen) atoms. The van der Waals surface area contributed by atoms with Crippen molar-refractivity contribution < 1.29 is 4.74 Å². The van der Waals surface area contributed by atoms with E-state index >= 15 is 0 Å². The molecule has 104 valence electrons. The molecular formula is C15H17N3O2. The molecule has 2 N–H and O–H groups in total. The van der Waals surface area contributed by atoms with Crippen molar-refractivity contribution in [2.45, 2.75) is 25.3 Å². The number of nitrogens with two attached hydrogens (primary N) is 1. The van der Waals surface area contributed by atoms with Crippen LogP contribution in [0.15, 0.2) is 41.5 Å². The zero-order valence-electron chi connectivity index (χ0n) is 11.2. The lowest BCUT2D eigenvalue weighted by atomic mass is 10.1. The van der Waals surface area contributed by atoms with Crippen LogP contribution in [-0.4, -0.2) is 16.1 Å². The minimum atomic E-state index is -0.166. The van der Waals surface area contributed by atoms with Crippen molar-refractivity contribution in [2.75, 3.05) is 6.54 Å². The summed E-state index contributed by atoms with van der Waals surface area (Å²) >= 11 is 0. The average molecular weight is 271 g/mol. The van der Waals surface area contributed by atoms with Gasteiger partial charge in [0.05, 0.1) is 0 Å². The summed E-state index contributed by atoms with van der Waals surface area (Å²) in [4.78, 5) is 16.2. The summed E-state index contributed by atoms with van der Waals surface area (Å²) in [6, 6.07) is 7.88. The summed E-state index contributed by atoms with van der Waals surface area (Å²) in [5.74, 6) is 0.745. The van der Waals surface area contributed by atoms with Gasteiger partial charge in [-0.05, 0) is 43.5 Å². The van der Waals surface area contributed by atoms with E-state index in [9.17, 15) is 4.79 Å². The van der Waals surface area contributed by atoms with Gasteiger partial charge in [-0.3, -0.25) is 4.79 Å². The van der Waals surface area contributed by atoms with Crippen LogP contribution >= 0.6 is 0 Å². The lowest BCUT2D eigenvalue weighted by Gasteiger charge is -2.07. The molecule has 1 fully saturated rings. The van der Waals surface area contributed by atoms with Gasteiger partial charge in [-0.25, -0.2) is 4.98 Å². The highest BCUT2D eigenvalue weighted by molar-refractivity contribution is 5.30. The van der Waals surface area contributed by atoms with Gasteiger partial charge in [-0.2, -0.15) is 0 Å². The smallest absolute Gasteiger partial charge is 0.313 e. The van der Waals surface area contributed by atoms with Crippen LogP contribution in [0.3, 0.4) is 0 Å². The van der Waals surface area contributed by atoms with E-state index in [0.29, 0.717) is 18.3 Å². The predicted molar refractivity (Wildman–Crippen MR) is 76.0 cm³/mol. The van der Waals surface area contributed by atoms with Gasteiger partial charge in [0, 0.05) is 18.4 Å². The summed E-state index contributed by atoms with van der Waals surface area (Å²) < 4.78 is 7.28. The number of rotatable bonds is 5. The fourth-order valence-electron chi connectivity index (χ4n) is 2.12. The Morgan fingerprint density at radius 2 is 2.05 bits per heavy atom. The van der Waals surface area contributed by atoms with Crippen molar-refractivity contribution in [2.24, 2.45) is 5.73 Å². The second-order valence-corrected chi connectivity index (χ2v) is 4.96. The fraction of sp³-hybridized carbons (Fsp3) is 0.333. The summed E-state index contributed by atoms with van der Waals surface area (Å²) in [5.41, 5.74) is 6.49. The summed E-state index contributed by atoms with van der Waals surface area (Å²) in [5, 5.41) is 0. The molecule has 0 unspecified atom stereocenters. The standard InChI is InChI=1S/C15H17N3O2/c16-8-7-11-1-5-13(6-2-11)20-14-15(19)18(10-9-17-14)12-3-4-12/h1-2,5-6,9-10,12H,3-4,7-8,16H2. The van der Waals surface area contributed by atoms with Gasteiger partial charge in [-0.1, -0.05) is 12.1 Å². The number of hydrogen-bond acceptors (Lipinski definition) is 4. The first-order valence-corrected chi connectivity index (χ1v) is 6.82. The second-order valence-electron chi connectivity index (χ2n) is 4.96. The molecule has 1 aromatic heterocycles. The van der Waals surface area contributed by atoms with E-state index in [4.69, 9.17) is 10.5 Å². The summed E-state index contributed by atoms with van der Waals surface area (Å²) in [7, 11) is 0. The van der Waals surface area contributed by atoms with Crippen LogP contribution in [0.4, 0.5) is 0 Å². The Hall–Kier alpha value is -2.14. The van der Waals surface area contributed by atoms with Gasteiger partial charge in [0.15, 0.2) is 0 Å². The quantitative estimate of drug-likeness (QED) is 0.901. The molecule has 0 saturated heterocycles. The first-order valence-electron chi connectivity index (χ1n) is 6.82. The van der Waals surface area contributed by atoms with E-state index < -0.39 is 0 Å². The minimum absolute atomic E-state index is 0.131. The molecule has 0 radical (unpaired) electrons. The van der Waals surface area contributed by atoms with Gasteiger partial charge in [0.2, 0.25) is 0 Å². The SMILES string of the molecule is NCCc1ccc(Oc2nccn(C3CC3)c2=O)cc1. The number of benzene rings is 1. The third kappa shape index (κ3) is 2.72. The van der Waals surface area contributed by atoms with Crippen molar-refractivity contribution in [1.29, 1.82) is 0 Å². The lowest BCUT2D eigenvalue weighted by molar-refractivity contribution is 0.444. The molecule has 5 heteroatoms. The fourth-order valence-corrected chi connectivity index (χ4v) is 2.12. The Kier molecular flexibility index (Phi) is 3.52. The lowest BCUT2D eigenvalue weighted by Crippen LogP contribution is -2.20. The normalized spacial score (nSPS) is 14.2. The number of nitrogens with zero attached hydrogens (tertiary/aromatic N) is 2. The van der Waals surface area contributed by atoms with Gasteiger partial charge in [0.25, 0.3) is 5.88 Å². The maximum absolute atomic E-state index is 12.2. The predicted octanol–water partition coefficient (Wildman–Crippen LogP) is 1.87. The van der Waals surface area contributed by atoms with Crippen LogP contribution in [0, 0.1) is 0 Å². The van der Waals surface area contributed by atoms with Crippen LogP contribution in [-0.2, 0) is 6.42 Å². The van der Waals surface area contributed by atoms with Crippen molar-refractivity contribution in [1.82, 2.24) is 9.55 Å². The molecule has 5 nitrogen and oxygen atoms in total. The van der Waals surface area contributed by atoms with E-state index in [1.54, 1.807) is 17.0 Å². The molecule has 1 heterocycles. The Bertz CT molecular complexity index is 645. The van der Waals surface area contributed by atoms with Crippen molar-refractivity contribution in [3.05, 3.63) is 52.6 Å². The maximum Gasteiger partial charge on any atom is 0.313 e. The Morgan fingerprint density at radius 1 is 1.30 bits per heavy atom. The topological polar surface area (TPSA) is 70.1 Å². The Morgan fingerprint density at radius 3 is 2.70 bits per heavy atom. The van der Waals surface area contributed by atoms with Crippen molar-refractivity contribution in [3.63, 3.8) is 0 Å². The van der Waals surface area contributed by atoms with E-state index in [2.05, 4.69) is 4.98 Å². The van der Waals surface area contributed by atoms with Crippen LogP contribution in [0.25, 0.3) is 0 Å². The highest BCUT2D eigenvalue weighted by Crippen LogP contribution is 2.33. The van der Waals surface area contributed by atoms with Crippen LogP contribution in [0.2, 0.25) is 0 Å². The largest absolute Gasteiger partial charge is 0.435 e. The third-order valence-electron chi connectivity index (χ3n) is 3.35. The molecule has 0 atom stereocenters. The number of hydrogen-bond donors (Lipinski definition) is 1. The molecule has 1 aliphatic carbocycles. The maximum atomic E-state index is 12.2. The average Bonchev–Trinajstić information content (AvgIpc) is 3.28. The zero-order valence-corrected chi connectivity index (χ0v) is 11.2. The molecule has 3 rings (SSSR count). The van der Waals surface area contributed by atoms with Crippen LogP contribution < -0.4 is 16.0 Å². The first-order chi connectivity index (χ1) is 9.78. The van der Waals surface area contributed by atoms with E-state index in [1.807, 2.05) is 24.3 Å². The zero-order chi connectivity index (χ0) is 13.9. The second kappa shape index (κ2) is 5.46. The highest BCUT2D eigenvalue weighted by atomic mass is 16.5. The molecule has 2 aromatic rings. The third-order valence-corrected chi connectivity index (χ3v) is 3.35. The minimum Gasteiger partial charge on any atom is -0.435 e. The highest BCUT2D eigenvalue weighted by Gasteiger charge is 2.25. The molecule has 0 bridgehead atoms. The van der Waals surface area contributed by atoms with Gasteiger partial charge >= 0.3 is 5.56 Å². The molecule has 1 aromatic carbocycles. The molecule has 0 amide bonds. The van der Waals surface area contributed by atoms with Gasteiger partial charge < -0.3 is 15.0 Å². The van der Waals surface area contributed by atoms with Gasteiger partial charge in [-0.15, -0.1) is 0 Å². The Labute approximate surface area is 117 Å². The molecular weight excluding hydrogens is 254 g/mol.